The van der Waals surface area contributed by atoms with Gasteiger partial charge in [-0.25, -0.2) is 17.6 Å². The van der Waals surface area contributed by atoms with Gasteiger partial charge in [-0.05, 0) is 42.5 Å². The molecule has 1 N–H and O–H groups in total. The number of nitrogens with one attached hydrogen (secondary N) is 1. The molecule has 0 fully saturated rings. The van der Waals surface area contributed by atoms with Gasteiger partial charge in [-0.2, -0.15) is 4.31 Å². The highest BCUT2D eigenvalue weighted by Crippen LogP contribution is 2.20. The van der Waals surface area contributed by atoms with Crippen molar-refractivity contribution in [2.75, 3.05) is 25.5 Å². The fraction of sp³-hybridized carbons (Fsp3) is 0.263. The smallest absolute Gasteiger partial charge is 0.337 e. The first kappa shape index (κ1) is 21.5. The summed E-state index contributed by atoms with van der Waals surface area (Å²) in [5.41, 5.74) is 0.207. The molecule has 150 valence electrons. The molecule has 0 spiro atoms. The van der Waals surface area contributed by atoms with Gasteiger partial charge in [0.2, 0.25) is 10.0 Å². The molecule has 0 unspecified atom stereocenters. The SMILES string of the molecule is CCN(CC)S(=O)(=O)c1ccc(F)c(C(=O)Nc2ccc(C(=O)OC)cc2)c1. The molecule has 0 saturated carbocycles. The van der Waals surface area contributed by atoms with Crippen LogP contribution in [0.2, 0.25) is 0 Å². The summed E-state index contributed by atoms with van der Waals surface area (Å²) in [7, 11) is -2.58. The topological polar surface area (TPSA) is 92.8 Å². The van der Waals surface area contributed by atoms with Crippen LogP contribution in [0.4, 0.5) is 10.1 Å². The number of nitrogens with zero attached hydrogens (tertiary/aromatic N) is 1. The van der Waals surface area contributed by atoms with Crippen molar-refractivity contribution in [3.8, 4) is 0 Å². The number of halogens is 1. The zero-order chi connectivity index (χ0) is 20.9. The number of hydrogen-bond donors (Lipinski definition) is 1. The zero-order valence-corrected chi connectivity index (χ0v) is 16.5. The lowest BCUT2D eigenvalue weighted by Gasteiger charge is -2.19. The number of carbonyl (C=O) groups is 2. The first-order valence-electron chi connectivity index (χ1n) is 8.54. The number of carbonyl (C=O) groups excluding carboxylic acids is 2. The third-order valence-corrected chi connectivity index (χ3v) is 6.14. The first-order valence-corrected chi connectivity index (χ1v) is 9.98. The van der Waals surface area contributed by atoms with E-state index in [2.05, 4.69) is 10.1 Å². The number of hydrogen-bond acceptors (Lipinski definition) is 5. The van der Waals surface area contributed by atoms with Crippen LogP contribution < -0.4 is 5.32 Å². The van der Waals surface area contributed by atoms with Crippen LogP contribution in [-0.4, -0.2) is 44.8 Å². The normalized spacial score (nSPS) is 11.3. The standard InChI is InChI=1S/C19H21FN2O5S/c1-4-22(5-2)28(25,26)15-10-11-17(20)16(12-15)18(23)21-14-8-6-13(7-9-14)19(24)27-3/h6-12H,4-5H2,1-3H3,(H,21,23). The van der Waals surface area contributed by atoms with Crippen molar-refractivity contribution in [3.63, 3.8) is 0 Å². The second kappa shape index (κ2) is 8.94. The number of methoxy groups -OCH3 is 1. The van der Waals surface area contributed by atoms with Gasteiger partial charge in [0.1, 0.15) is 5.82 Å². The van der Waals surface area contributed by atoms with Crippen LogP contribution in [-0.2, 0) is 14.8 Å². The lowest BCUT2D eigenvalue weighted by Crippen LogP contribution is -2.31. The number of anilines is 1. The van der Waals surface area contributed by atoms with Gasteiger partial charge in [0.05, 0.1) is 23.1 Å². The van der Waals surface area contributed by atoms with Crippen molar-refractivity contribution in [2.24, 2.45) is 0 Å². The quantitative estimate of drug-likeness (QED) is 0.711. The van der Waals surface area contributed by atoms with Crippen molar-refractivity contribution in [1.82, 2.24) is 4.31 Å². The fourth-order valence-electron chi connectivity index (χ4n) is 2.56. The van der Waals surface area contributed by atoms with Crippen LogP contribution in [0.25, 0.3) is 0 Å². The van der Waals surface area contributed by atoms with Crippen LogP contribution in [0.1, 0.15) is 34.6 Å². The summed E-state index contributed by atoms with van der Waals surface area (Å²) in [6.45, 7) is 3.89. The average molecular weight is 408 g/mol. The molecule has 0 heterocycles. The molecule has 0 radical (unpaired) electrons. The molecular formula is C19H21FN2O5S. The predicted molar refractivity (Wildman–Crippen MR) is 102 cm³/mol. The minimum Gasteiger partial charge on any atom is -0.465 e. The second-order valence-electron chi connectivity index (χ2n) is 5.75. The molecule has 1 amide bonds. The van der Waals surface area contributed by atoms with E-state index >= 15 is 0 Å². The van der Waals surface area contributed by atoms with Crippen molar-refractivity contribution < 1.29 is 27.1 Å². The molecule has 0 saturated heterocycles. The molecule has 0 aliphatic rings. The Kier molecular flexibility index (Phi) is 6.87. The minimum atomic E-state index is -3.83. The Balaban J connectivity index is 2.30. The monoisotopic (exact) mass is 408 g/mol. The van der Waals surface area contributed by atoms with Gasteiger partial charge in [-0.1, -0.05) is 13.8 Å². The molecule has 0 aliphatic carbocycles. The Bertz CT molecular complexity index is 970. The third-order valence-electron chi connectivity index (χ3n) is 4.09. The maximum Gasteiger partial charge on any atom is 0.337 e. The van der Waals surface area contributed by atoms with E-state index < -0.39 is 33.3 Å². The molecule has 28 heavy (non-hydrogen) atoms. The van der Waals surface area contributed by atoms with E-state index in [0.717, 1.165) is 18.2 Å². The fourth-order valence-corrected chi connectivity index (χ4v) is 4.04. The molecule has 0 bridgehead atoms. The minimum absolute atomic E-state index is 0.163. The lowest BCUT2D eigenvalue weighted by molar-refractivity contribution is 0.0600. The Morgan fingerprint density at radius 2 is 1.68 bits per heavy atom. The number of rotatable bonds is 7. The van der Waals surface area contributed by atoms with E-state index in [0.29, 0.717) is 11.3 Å². The highest BCUT2D eigenvalue weighted by atomic mass is 32.2. The van der Waals surface area contributed by atoms with Crippen LogP contribution >= 0.6 is 0 Å². The van der Waals surface area contributed by atoms with E-state index in [1.165, 1.54) is 35.7 Å². The van der Waals surface area contributed by atoms with Crippen molar-refractivity contribution in [1.29, 1.82) is 0 Å². The summed E-state index contributed by atoms with van der Waals surface area (Å²) in [4.78, 5) is 23.7. The predicted octanol–water partition coefficient (Wildman–Crippen LogP) is 2.90. The average Bonchev–Trinajstić information content (AvgIpc) is 2.68. The molecule has 0 aromatic heterocycles. The van der Waals surface area contributed by atoms with E-state index in [1.807, 2.05) is 0 Å². The molecule has 0 aliphatic heterocycles. The number of benzene rings is 2. The molecular weight excluding hydrogens is 387 g/mol. The largest absolute Gasteiger partial charge is 0.465 e. The zero-order valence-electron chi connectivity index (χ0n) is 15.7. The number of sulfonamides is 1. The van der Waals surface area contributed by atoms with Crippen LogP contribution in [0.15, 0.2) is 47.4 Å². The molecule has 0 atom stereocenters. The summed E-state index contributed by atoms with van der Waals surface area (Å²) < 4.78 is 45.2. The molecule has 9 heteroatoms. The molecule has 2 rings (SSSR count). The van der Waals surface area contributed by atoms with Gasteiger partial charge in [0, 0.05) is 18.8 Å². The summed E-state index contributed by atoms with van der Waals surface area (Å²) in [5.74, 6) is -2.18. The summed E-state index contributed by atoms with van der Waals surface area (Å²) >= 11 is 0. The maximum atomic E-state index is 14.2. The van der Waals surface area contributed by atoms with Gasteiger partial charge in [0.15, 0.2) is 0 Å². The first-order chi connectivity index (χ1) is 13.2. The Labute approximate surface area is 163 Å². The molecule has 7 nitrogen and oxygen atoms in total. The summed E-state index contributed by atoms with van der Waals surface area (Å²) in [6, 6.07) is 8.90. The van der Waals surface area contributed by atoms with Gasteiger partial charge in [-0.3, -0.25) is 4.79 Å². The summed E-state index contributed by atoms with van der Waals surface area (Å²) in [6.07, 6.45) is 0. The Hall–Kier alpha value is -2.78. The van der Waals surface area contributed by atoms with Crippen molar-refractivity contribution in [3.05, 3.63) is 59.4 Å². The molecule has 2 aromatic carbocycles. The van der Waals surface area contributed by atoms with Gasteiger partial charge in [-0.15, -0.1) is 0 Å². The maximum absolute atomic E-state index is 14.2. The van der Waals surface area contributed by atoms with Crippen LogP contribution in [0, 0.1) is 5.82 Å². The van der Waals surface area contributed by atoms with Crippen LogP contribution in [0.3, 0.4) is 0 Å². The third kappa shape index (κ3) is 4.55. The van der Waals surface area contributed by atoms with Crippen molar-refractivity contribution >= 4 is 27.6 Å². The van der Waals surface area contributed by atoms with E-state index in [4.69, 9.17) is 0 Å². The van der Waals surface area contributed by atoms with Crippen molar-refractivity contribution in [2.45, 2.75) is 18.7 Å². The Morgan fingerprint density at radius 3 is 2.21 bits per heavy atom. The van der Waals surface area contributed by atoms with E-state index in [9.17, 15) is 22.4 Å². The van der Waals surface area contributed by atoms with E-state index in [-0.39, 0.29) is 18.0 Å². The highest BCUT2D eigenvalue weighted by molar-refractivity contribution is 7.89. The second-order valence-corrected chi connectivity index (χ2v) is 7.69. The number of ether oxygens (including phenoxy) is 1. The van der Waals surface area contributed by atoms with Gasteiger partial charge < -0.3 is 10.1 Å². The van der Waals surface area contributed by atoms with Gasteiger partial charge in [0.25, 0.3) is 5.91 Å². The van der Waals surface area contributed by atoms with Gasteiger partial charge >= 0.3 is 5.97 Å². The summed E-state index contributed by atoms with van der Waals surface area (Å²) in [5, 5.41) is 2.48. The highest BCUT2D eigenvalue weighted by Gasteiger charge is 2.24. The molecule has 2 aromatic rings. The van der Waals surface area contributed by atoms with E-state index in [1.54, 1.807) is 13.8 Å². The lowest BCUT2D eigenvalue weighted by atomic mass is 10.1. The number of esters is 1. The number of amides is 1. The Morgan fingerprint density at radius 1 is 1.07 bits per heavy atom. The van der Waals surface area contributed by atoms with Crippen LogP contribution in [0.5, 0.6) is 0 Å².